The van der Waals surface area contributed by atoms with Gasteiger partial charge in [0.25, 0.3) is 5.91 Å². The lowest BCUT2D eigenvalue weighted by atomic mass is 10.0. The molecule has 2 aromatic heterocycles. The van der Waals surface area contributed by atoms with Crippen LogP contribution < -0.4 is 5.32 Å². The van der Waals surface area contributed by atoms with E-state index < -0.39 is 5.54 Å². The second-order valence-corrected chi connectivity index (χ2v) is 8.03. The highest BCUT2D eigenvalue weighted by atomic mass is 32.1. The molecule has 0 unspecified atom stereocenters. The molecule has 1 N–H and O–H groups in total. The van der Waals surface area contributed by atoms with Crippen LogP contribution in [0.15, 0.2) is 29.9 Å². The van der Waals surface area contributed by atoms with Crippen molar-refractivity contribution in [2.75, 3.05) is 26.2 Å². The van der Waals surface area contributed by atoms with Gasteiger partial charge in [-0.15, -0.1) is 11.3 Å². The predicted octanol–water partition coefficient (Wildman–Crippen LogP) is 1.33. The highest BCUT2D eigenvalue weighted by Crippen LogP contribution is 2.15. The van der Waals surface area contributed by atoms with Crippen LogP contribution in [0.25, 0.3) is 0 Å². The van der Waals surface area contributed by atoms with Gasteiger partial charge in [-0.05, 0) is 25.3 Å². The molecule has 2 amide bonds. The summed E-state index contributed by atoms with van der Waals surface area (Å²) < 4.78 is 2.01. The Morgan fingerprint density at radius 1 is 1.27 bits per heavy atom. The topological polar surface area (TPSA) is 70.5 Å². The standard InChI is InChI=1S/C18H25N5O2S/c1-18(2,20-16(24)14-5-4-12-26-14)17(25)23-10-8-22(9-11-23)13-15-19-6-7-21(15)3/h4-7,12H,8-11,13H2,1-3H3,(H,20,24). The SMILES string of the molecule is Cn1ccnc1CN1CCN(C(=O)C(C)(C)NC(=O)c2cccs2)CC1. The van der Waals surface area contributed by atoms with E-state index in [4.69, 9.17) is 0 Å². The molecule has 2 aromatic rings. The molecule has 8 heteroatoms. The molecule has 0 bridgehead atoms. The lowest BCUT2D eigenvalue weighted by Crippen LogP contribution is -2.59. The first kappa shape index (κ1) is 18.6. The Kier molecular flexibility index (Phi) is 5.43. The van der Waals surface area contributed by atoms with Crippen molar-refractivity contribution in [2.45, 2.75) is 25.9 Å². The fourth-order valence-electron chi connectivity index (χ4n) is 3.06. The smallest absolute Gasteiger partial charge is 0.262 e. The van der Waals surface area contributed by atoms with Crippen LogP contribution in [0.3, 0.4) is 0 Å². The van der Waals surface area contributed by atoms with Gasteiger partial charge in [-0.2, -0.15) is 0 Å². The Bertz CT molecular complexity index is 760. The molecule has 26 heavy (non-hydrogen) atoms. The van der Waals surface area contributed by atoms with Crippen LogP contribution in [-0.4, -0.2) is 62.9 Å². The van der Waals surface area contributed by atoms with Crippen LogP contribution in [0.5, 0.6) is 0 Å². The molecule has 0 atom stereocenters. The van der Waals surface area contributed by atoms with E-state index >= 15 is 0 Å². The van der Waals surface area contributed by atoms with Gasteiger partial charge in [-0.3, -0.25) is 14.5 Å². The van der Waals surface area contributed by atoms with Crippen molar-refractivity contribution in [1.29, 1.82) is 0 Å². The minimum absolute atomic E-state index is 0.0425. The minimum atomic E-state index is -0.928. The molecule has 0 saturated carbocycles. The number of aryl methyl sites for hydroxylation is 1. The summed E-state index contributed by atoms with van der Waals surface area (Å²) in [6, 6.07) is 3.59. The van der Waals surface area contributed by atoms with Crippen LogP contribution in [0.2, 0.25) is 0 Å². The summed E-state index contributed by atoms with van der Waals surface area (Å²) >= 11 is 1.37. The summed E-state index contributed by atoms with van der Waals surface area (Å²) in [6.07, 6.45) is 3.74. The highest BCUT2D eigenvalue weighted by molar-refractivity contribution is 7.12. The van der Waals surface area contributed by atoms with Crippen molar-refractivity contribution in [1.82, 2.24) is 24.7 Å². The zero-order valence-electron chi connectivity index (χ0n) is 15.4. The van der Waals surface area contributed by atoms with Crippen molar-refractivity contribution in [3.05, 3.63) is 40.6 Å². The maximum Gasteiger partial charge on any atom is 0.262 e. The Morgan fingerprint density at radius 2 is 2.00 bits per heavy atom. The normalized spacial score (nSPS) is 15.9. The fraction of sp³-hybridized carbons (Fsp3) is 0.500. The zero-order valence-corrected chi connectivity index (χ0v) is 16.3. The van der Waals surface area contributed by atoms with Gasteiger partial charge in [0.2, 0.25) is 5.91 Å². The van der Waals surface area contributed by atoms with E-state index in [2.05, 4.69) is 15.2 Å². The molecular formula is C18H25N5O2S. The van der Waals surface area contributed by atoms with Crippen LogP contribution in [0, 0.1) is 0 Å². The maximum atomic E-state index is 12.9. The molecular weight excluding hydrogens is 350 g/mol. The third-order valence-corrected chi connectivity index (χ3v) is 5.52. The number of hydrogen-bond acceptors (Lipinski definition) is 5. The number of thiophene rings is 1. The van der Waals surface area contributed by atoms with Gasteiger partial charge in [0.05, 0.1) is 11.4 Å². The number of aromatic nitrogens is 2. The third kappa shape index (κ3) is 4.13. The number of nitrogens with zero attached hydrogens (tertiary/aromatic N) is 4. The molecule has 3 rings (SSSR count). The van der Waals surface area contributed by atoms with E-state index in [-0.39, 0.29) is 11.8 Å². The molecule has 1 saturated heterocycles. The quantitative estimate of drug-likeness (QED) is 0.856. The van der Waals surface area contributed by atoms with Crippen molar-refractivity contribution in [3.8, 4) is 0 Å². The number of piperazine rings is 1. The third-order valence-electron chi connectivity index (χ3n) is 4.65. The van der Waals surface area contributed by atoms with Gasteiger partial charge < -0.3 is 14.8 Å². The molecule has 1 aliphatic heterocycles. The second-order valence-electron chi connectivity index (χ2n) is 7.08. The molecule has 140 valence electrons. The number of rotatable bonds is 5. The number of amides is 2. The predicted molar refractivity (Wildman–Crippen MR) is 101 cm³/mol. The number of hydrogen-bond donors (Lipinski definition) is 1. The summed E-state index contributed by atoms with van der Waals surface area (Å²) in [7, 11) is 1.99. The molecule has 7 nitrogen and oxygen atoms in total. The Labute approximate surface area is 157 Å². The molecule has 0 aromatic carbocycles. The minimum Gasteiger partial charge on any atom is -0.338 e. The first-order chi connectivity index (χ1) is 12.4. The van der Waals surface area contributed by atoms with Crippen molar-refractivity contribution in [3.63, 3.8) is 0 Å². The van der Waals surface area contributed by atoms with Crippen LogP contribution in [0.1, 0.15) is 29.3 Å². The Balaban J connectivity index is 1.53. The van der Waals surface area contributed by atoms with Crippen LogP contribution in [0.4, 0.5) is 0 Å². The molecule has 0 aliphatic carbocycles. The summed E-state index contributed by atoms with van der Waals surface area (Å²) in [5.74, 6) is 0.777. The number of carbonyl (C=O) groups excluding carboxylic acids is 2. The fourth-order valence-corrected chi connectivity index (χ4v) is 3.68. The summed E-state index contributed by atoms with van der Waals surface area (Å²) in [5, 5.41) is 4.72. The van der Waals surface area contributed by atoms with Gasteiger partial charge >= 0.3 is 0 Å². The molecule has 3 heterocycles. The van der Waals surface area contributed by atoms with Gasteiger partial charge in [0, 0.05) is 45.6 Å². The zero-order chi connectivity index (χ0) is 18.7. The lowest BCUT2D eigenvalue weighted by molar-refractivity contribution is -0.138. The van der Waals surface area contributed by atoms with E-state index in [1.807, 2.05) is 34.2 Å². The van der Waals surface area contributed by atoms with Crippen LogP contribution in [-0.2, 0) is 18.4 Å². The first-order valence-electron chi connectivity index (χ1n) is 8.71. The van der Waals surface area contributed by atoms with Gasteiger partial charge in [-0.1, -0.05) is 6.07 Å². The highest BCUT2D eigenvalue weighted by Gasteiger charge is 2.35. The van der Waals surface area contributed by atoms with Crippen LogP contribution >= 0.6 is 11.3 Å². The van der Waals surface area contributed by atoms with Gasteiger partial charge in [0.1, 0.15) is 11.4 Å². The molecule has 1 fully saturated rings. The van der Waals surface area contributed by atoms with Crippen molar-refractivity contribution >= 4 is 23.2 Å². The molecule has 1 aliphatic rings. The van der Waals surface area contributed by atoms with E-state index in [0.717, 1.165) is 25.5 Å². The summed E-state index contributed by atoms with van der Waals surface area (Å²) in [5.41, 5.74) is -0.928. The summed E-state index contributed by atoms with van der Waals surface area (Å²) in [4.78, 5) is 34.3. The van der Waals surface area contributed by atoms with Gasteiger partial charge in [0.15, 0.2) is 0 Å². The molecule has 0 radical (unpaired) electrons. The summed E-state index contributed by atoms with van der Waals surface area (Å²) in [6.45, 7) is 7.22. The van der Waals surface area contributed by atoms with E-state index in [9.17, 15) is 9.59 Å². The van der Waals surface area contributed by atoms with Gasteiger partial charge in [-0.25, -0.2) is 4.98 Å². The van der Waals surface area contributed by atoms with E-state index in [1.165, 1.54) is 11.3 Å². The monoisotopic (exact) mass is 375 g/mol. The second kappa shape index (κ2) is 7.59. The number of carbonyl (C=O) groups is 2. The Morgan fingerprint density at radius 3 is 2.58 bits per heavy atom. The average molecular weight is 375 g/mol. The number of imidazole rings is 1. The molecule has 0 spiro atoms. The van der Waals surface area contributed by atoms with Crippen molar-refractivity contribution in [2.24, 2.45) is 7.05 Å². The maximum absolute atomic E-state index is 12.9. The van der Waals surface area contributed by atoms with E-state index in [1.54, 1.807) is 26.1 Å². The average Bonchev–Trinajstić information content (AvgIpc) is 3.27. The van der Waals surface area contributed by atoms with E-state index in [0.29, 0.717) is 18.0 Å². The largest absolute Gasteiger partial charge is 0.338 e. The number of nitrogens with one attached hydrogen (secondary N) is 1. The Hall–Kier alpha value is -2.19. The lowest BCUT2D eigenvalue weighted by Gasteiger charge is -2.38. The van der Waals surface area contributed by atoms with Crippen molar-refractivity contribution < 1.29 is 9.59 Å². The first-order valence-corrected chi connectivity index (χ1v) is 9.59.